The predicted octanol–water partition coefficient (Wildman–Crippen LogP) is 0.865. The molecule has 1 fully saturated rings. The fourth-order valence-electron chi connectivity index (χ4n) is 0.928. The van der Waals surface area contributed by atoms with Gasteiger partial charge in [0.15, 0.2) is 0 Å². The Hall–Kier alpha value is -0.900. The van der Waals surface area contributed by atoms with E-state index < -0.39 is 0 Å². The van der Waals surface area contributed by atoms with Gasteiger partial charge >= 0.3 is 0 Å². The molecule has 0 aliphatic carbocycles. The summed E-state index contributed by atoms with van der Waals surface area (Å²) < 4.78 is 0. The van der Waals surface area contributed by atoms with Crippen LogP contribution in [-0.2, 0) is 14.4 Å². The molecular formula is C8H13NO3. The SMILES string of the molecule is CC[C@@H](C)ON1C(=O)CCC1=O. The Balaban J connectivity index is 2.50. The number of nitrogens with zero attached hydrogens (tertiary/aromatic N) is 1. The summed E-state index contributed by atoms with van der Waals surface area (Å²) in [6.07, 6.45) is 1.29. The second-order valence-corrected chi connectivity index (χ2v) is 2.91. The van der Waals surface area contributed by atoms with Gasteiger partial charge in [0, 0.05) is 12.8 Å². The standard InChI is InChI=1S/C8H13NO3/c1-3-6(2)12-9-7(10)4-5-8(9)11/h6H,3-5H2,1-2H3/t6-/m1/s1. The second-order valence-electron chi connectivity index (χ2n) is 2.91. The maximum Gasteiger partial charge on any atom is 0.254 e. The van der Waals surface area contributed by atoms with Crippen LogP contribution in [-0.4, -0.2) is 23.0 Å². The molecule has 0 aromatic carbocycles. The number of rotatable bonds is 3. The Bertz CT molecular complexity index is 186. The first-order valence-corrected chi connectivity index (χ1v) is 4.17. The Morgan fingerprint density at radius 2 is 1.92 bits per heavy atom. The van der Waals surface area contributed by atoms with Gasteiger partial charge in [-0.05, 0) is 13.3 Å². The van der Waals surface area contributed by atoms with Crippen LogP contribution < -0.4 is 0 Å². The molecule has 0 radical (unpaired) electrons. The average molecular weight is 171 g/mol. The first-order chi connectivity index (χ1) is 5.65. The van der Waals surface area contributed by atoms with Crippen molar-refractivity contribution in [1.82, 2.24) is 5.06 Å². The van der Waals surface area contributed by atoms with Crippen molar-refractivity contribution >= 4 is 11.8 Å². The lowest BCUT2D eigenvalue weighted by Gasteiger charge is -2.17. The Kier molecular flexibility index (Phi) is 2.81. The maximum atomic E-state index is 11.0. The molecule has 4 heteroatoms. The van der Waals surface area contributed by atoms with Crippen LogP contribution in [0, 0.1) is 0 Å². The van der Waals surface area contributed by atoms with Crippen molar-refractivity contribution in [2.45, 2.75) is 39.2 Å². The molecule has 0 bridgehead atoms. The minimum absolute atomic E-state index is 0.0731. The normalized spacial score (nSPS) is 20.3. The quantitative estimate of drug-likeness (QED) is 0.592. The van der Waals surface area contributed by atoms with Crippen LogP contribution in [0.1, 0.15) is 33.1 Å². The average Bonchev–Trinajstić information content (AvgIpc) is 2.35. The van der Waals surface area contributed by atoms with Crippen molar-refractivity contribution in [3.8, 4) is 0 Å². The van der Waals surface area contributed by atoms with Crippen LogP contribution in [0.15, 0.2) is 0 Å². The molecule has 0 saturated carbocycles. The molecule has 0 aromatic rings. The Morgan fingerprint density at radius 1 is 1.42 bits per heavy atom. The molecular weight excluding hydrogens is 158 g/mol. The highest BCUT2D eigenvalue weighted by Gasteiger charge is 2.31. The number of hydroxylamine groups is 2. The molecule has 0 aromatic heterocycles. The van der Waals surface area contributed by atoms with E-state index in [1.807, 2.05) is 13.8 Å². The zero-order chi connectivity index (χ0) is 9.14. The minimum Gasteiger partial charge on any atom is -0.272 e. The van der Waals surface area contributed by atoms with Gasteiger partial charge in [0.05, 0.1) is 6.10 Å². The number of amides is 2. The van der Waals surface area contributed by atoms with Gasteiger partial charge in [0.25, 0.3) is 11.8 Å². The first-order valence-electron chi connectivity index (χ1n) is 4.17. The summed E-state index contributed by atoms with van der Waals surface area (Å²) in [6.45, 7) is 3.77. The molecule has 0 unspecified atom stereocenters. The Morgan fingerprint density at radius 3 is 2.33 bits per heavy atom. The fourth-order valence-corrected chi connectivity index (χ4v) is 0.928. The van der Waals surface area contributed by atoms with Gasteiger partial charge in [-0.2, -0.15) is 5.06 Å². The van der Waals surface area contributed by atoms with Crippen LogP contribution in [0.4, 0.5) is 0 Å². The summed E-state index contributed by atoms with van der Waals surface area (Å²) in [5.74, 6) is -0.444. The lowest BCUT2D eigenvalue weighted by molar-refractivity contribution is -0.200. The lowest BCUT2D eigenvalue weighted by atomic mass is 10.3. The van der Waals surface area contributed by atoms with E-state index in [9.17, 15) is 9.59 Å². The third-order valence-corrected chi connectivity index (χ3v) is 1.87. The maximum absolute atomic E-state index is 11.0. The number of hydrogen-bond acceptors (Lipinski definition) is 3. The number of imide groups is 1. The third-order valence-electron chi connectivity index (χ3n) is 1.87. The molecule has 1 rings (SSSR count). The summed E-state index contributed by atoms with van der Waals surface area (Å²) in [6, 6.07) is 0. The number of hydrogen-bond donors (Lipinski definition) is 0. The van der Waals surface area contributed by atoms with Crippen molar-refractivity contribution in [2.24, 2.45) is 0 Å². The zero-order valence-electron chi connectivity index (χ0n) is 7.37. The molecule has 1 aliphatic rings. The summed E-state index contributed by atoms with van der Waals surface area (Å²) in [5, 5.41) is 0.897. The largest absolute Gasteiger partial charge is 0.272 e. The number of carbonyl (C=O) groups excluding carboxylic acids is 2. The van der Waals surface area contributed by atoms with Gasteiger partial charge in [-0.1, -0.05) is 6.92 Å². The van der Waals surface area contributed by atoms with Crippen LogP contribution in [0.25, 0.3) is 0 Å². The molecule has 12 heavy (non-hydrogen) atoms. The summed E-state index contributed by atoms with van der Waals surface area (Å²) in [4.78, 5) is 27.2. The summed E-state index contributed by atoms with van der Waals surface area (Å²) in [5.41, 5.74) is 0. The molecule has 1 saturated heterocycles. The van der Waals surface area contributed by atoms with E-state index in [2.05, 4.69) is 0 Å². The van der Waals surface area contributed by atoms with E-state index in [-0.39, 0.29) is 30.8 Å². The summed E-state index contributed by atoms with van der Waals surface area (Å²) >= 11 is 0. The van der Waals surface area contributed by atoms with Gasteiger partial charge < -0.3 is 0 Å². The van der Waals surface area contributed by atoms with Crippen molar-refractivity contribution in [3.05, 3.63) is 0 Å². The highest BCUT2D eigenvalue weighted by molar-refractivity contribution is 6.00. The van der Waals surface area contributed by atoms with Crippen molar-refractivity contribution in [3.63, 3.8) is 0 Å². The molecule has 4 nitrogen and oxygen atoms in total. The lowest BCUT2D eigenvalue weighted by Crippen LogP contribution is -2.32. The molecule has 0 spiro atoms. The first kappa shape index (κ1) is 9.19. The van der Waals surface area contributed by atoms with Crippen LogP contribution in [0.2, 0.25) is 0 Å². The third kappa shape index (κ3) is 1.82. The topological polar surface area (TPSA) is 46.6 Å². The van der Waals surface area contributed by atoms with E-state index >= 15 is 0 Å². The highest BCUT2D eigenvalue weighted by Crippen LogP contribution is 2.14. The fraction of sp³-hybridized carbons (Fsp3) is 0.750. The monoisotopic (exact) mass is 171 g/mol. The van der Waals surface area contributed by atoms with E-state index in [1.54, 1.807) is 0 Å². The molecule has 68 valence electrons. The summed E-state index contributed by atoms with van der Waals surface area (Å²) in [7, 11) is 0. The van der Waals surface area contributed by atoms with Crippen molar-refractivity contribution in [1.29, 1.82) is 0 Å². The van der Waals surface area contributed by atoms with Gasteiger partial charge in [0.2, 0.25) is 0 Å². The second kappa shape index (κ2) is 3.67. The van der Waals surface area contributed by atoms with Crippen LogP contribution in [0.5, 0.6) is 0 Å². The molecule has 0 N–H and O–H groups in total. The number of carbonyl (C=O) groups is 2. The Labute approximate surface area is 71.4 Å². The molecule has 1 aliphatic heterocycles. The highest BCUT2D eigenvalue weighted by atomic mass is 16.7. The smallest absolute Gasteiger partial charge is 0.254 e. The minimum atomic E-state index is -0.222. The van der Waals surface area contributed by atoms with Crippen LogP contribution >= 0.6 is 0 Å². The molecule has 2 amide bonds. The van der Waals surface area contributed by atoms with E-state index in [0.29, 0.717) is 0 Å². The van der Waals surface area contributed by atoms with E-state index in [0.717, 1.165) is 11.5 Å². The predicted molar refractivity (Wildman–Crippen MR) is 41.9 cm³/mol. The van der Waals surface area contributed by atoms with Gasteiger partial charge in [-0.25, -0.2) is 0 Å². The van der Waals surface area contributed by atoms with Crippen molar-refractivity contribution in [2.75, 3.05) is 0 Å². The molecule has 1 heterocycles. The van der Waals surface area contributed by atoms with E-state index in [1.165, 1.54) is 0 Å². The zero-order valence-corrected chi connectivity index (χ0v) is 7.37. The van der Waals surface area contributed by atoms with Gasteiger partial charge in [-0.15, -0.1) is 0 Å². The van der Waals surface area contributed by atoms with E-state index in [4.69, 9.17) is 4.84 Å². The van der Waals surface area contributed by atoms with Gasteiger partial charge in [0.1, 0.15) is 0 Å². The van der Waals surface area contributed by atoms with Gasteiger partial charge in [-0.3, -0.25) is 14.4 Å². The van der Waals surface area contributed by atoms with Crippen LogP contribution in [0.3, 0.4) is 0 Å². The van der Waals surface area contributed by atoms with Crippen molar-refractivity contribution < 1.29 is 14.4 Å². The molecule has 1 atom stereocenters.